The summed E-state index contributed by atoms with van der Waals surface area (Å²) in [5.41, 5.74) is 1.94. The molecule has 0 aromatic heterocycles. The predicted molar refractivity (Wildman–Crippen MR) is 166 cm³/mol. The van der Waals surface area contributed by atoms with Crippen LogP contribution in [0.2, 0.25) is 0 Å². The van der Waals surface area contributed by atoms with Crippen molar-refractivity contribution in [2.45, 2.75) is 122 Å². The first-order chi connectivity index (χ1) is 19.5. The van der Waals surface area contributed by atoms with E-state index in [0.29, 0.717) is 17.4 Å². The Kier molecular flexibility index (Phi) is 12.7. The number of ether oxygens (including phenoxy) is 2. The molecule has 5 heteroatoms. The molecule has 0 amide bonds. The van der Waals surface area contributed by atoms with Crippen LogP contribution in [0.5, 0.6) is 0 Å². The molecule has 1 aromatic carbocycles. The number of hydrogen-bond donors (Lipinski definition) is 1. The molecule has 0 saturated heterocycles. The topological polar surface area (TPSA) is 72.8 Å². The number of unbranched alkanes of at least 4 members (excludes halogenated alkanes) is 2. The van der Waals surface area contributed by atoms with E-state index in [4.69, 9.17) is 9.47 Å². The Morgan fingerprint density at radius 2 is 1.34 bits per heavy atom. The van der Waals surface area contributed by atoms with Crippen molar-refractivity contribution in [3.8, 4) is 0 Å². The molecular weight excluding hydrogens is 512 g/mol. The van der Waals surface area contributed by atoms with Crippen molar-refractivity contribution >= 4 is 11.9 Å². The molecule has 1 unspecified atom stereocenters. The summed E-state index contributed by atoms with van der Waals surface area (Å²) in [4.78, 5) is 24.5. The third kappa shape index (κ3) is 10.1. The molecule has 1 atom stereocenters. The lowest BCUT2D eigenvalue weighted by atomic mass is 9.73. The van der Waals surface area contributed by atoms with Gasteiger partial charge in [-0.1, -0.05) is 70.0 Å². The number of esters is 2. The van der Waals surface area contributed by atoms with Crippen LogP contribution in [0.1, 0.15) is 128 Å². The fourth-order valence-electron chi connectivity index (χ4n) is 6.58. The second kappa shape index (κ2) is 15.7. The number of carbonyl (C=O) groups is 2. The average molecular weight is 567 g/mol. The molecule has 228 valence electrons. The van der Waals surface area contributed by atoms with Gasteiger partial charge in [-0.3, -0.25) is 0 Å². The normalized spacial score (nSPS) is 23.8. The number of hydrogen-bond acceptors (Lipinski definition) is 5. The monoisotopic (exact) mass is 566 g/mol. The molecule has 0 heterocycles. The third-order valence-electron chi connectivity index (χ3n) is 9.57. The second-order valence-corrected chi connectivity index (χ2v) is 13.3. The zero-order valence-electron chi connectivity index (χ0n) is 26.1. The van der Waals surface area contributed by atoms with Crippen LogP contribution in [0.25, 0.3) is 0 Å². The Bertz CT molecular complexity index is 1000. The Morgan fingerprint density at radius 1 is 0.854 bits per heavy atom. The predicted octanol–water partition coefficient (Wildman–Crippen LogP) is 8.42. The summed E-state index contributed by atoms with van der Waals surface area (Å²) in [5.74, 6) is 1.28. The van der Waals surface area contributed by atoms with Gasteiger partial charge < -0.3 is 14.6 Å². The molecule has 5 nitrogen and oxygen atoms in total. The van der Waals surface area contributed by atoms with Crippen molar-refractivity contribution < 1.29 is 24.2 Å². The van der Waals surface area contributed by atoms with Crippen molar-refractivity contribution in [3.63, 3.8) is 0 Å². The van der Waals surface area contributed by atoms with Crippen LogP contribution in [0.15, 0.2) is 48.6 Å². The van der Waals surface area contributed by atoms with E-state index in [1.807, 2.05) is 0 Å². The lowest BCUT2D eigenvalue weighted by molar-refractivity contribution is -0.147. The van der Waals surface area contributed by atoms with Crippen LogP contribution in [0.4, 0.5) is 0 Å². The molecule has 1 N–H and O–H groups in total. The van der Waals surface area contributed by atoms with Crippen molar-refractivity contribution in [1.82, 2.24) is 0 Å². The maximum atomic E-state index is 12.5. The van der Waals surface area contributed by atoms with E-state index in [0.717, 1.165) is 31.6 Å². The summed E-state index contributed by atoms with van der Waals surface area (Å²) in [6.45, 7) is 14.6. The van der Waals surface area contributed by atoms with Gasteiger partial charge in [0.1, 0.15) is 0 Å². The highest BCUT2D eigenvalue weighted by Crippen LogP contribution is 2.41. The van der Waals surface area contributed by atoms with Gasteiger partial charge in [-0.2, -0.15) is 0 Å². The quantitative estimate of drug-likeness (QED) is 0.139. The largest absolute Gasteiger partial charge is 0.462 e. The maximum Gasteiger partial charge on any atom is 0.336 e. The summed E-state index contributed by atoms with van der Waals surface area (Å²) >= 11 is 0. The Labute approximate surface area is 248 Å². The lowest BCUT2D eigenvalue weighted by Gasteiger charge is -2.34. The number of aliphatic hydroxyl groups is 1. The van der Waals surface area contributed by atoms with Gasteiger partial charge >= 0.3 is 11.9 Å². The summed E-state index contributed by atoms with van der Waals surface area (Å²) in [7, 11) is 0. The number of rotatable bonds is 14. The summed E-state index contributed by atoms with van der Waals surface area (Å²) < 4.78 is 11.0. The van der Waals surface area contributed by atoms with Crippen molar-refractivity contribution in [2.75, 3.05) is 13.2 Å². The highest BCUT2D eigenvalue weighted by atomic mass is 16.5. The van der Waals surface area contributed by atoms with E-state index >= 15 is 0 Å². The fraction of sp³-hybridized carbons (Fsp3) is 0.667. The van der Waals surface area contributed by atoms with Gasteiger partial charge in [-0.15, -0.1) is 0 Å². The van der Waals surface area contributed by atoms with E-state index in [2.05, 4.69) is 44.3 Å². The molecule has 2 aliphatic carbocycles. The summed E-state index contributed by atoms with van der Waals surface area (Å²) in [6, 6.07) is 9.45. The number of carbonyl (C=O) groups excluding carboxylic acids is 2. The molecular formula is C36H54O5. The molecule has 41 heavy (non-hydrogen) atoms. The van der Waals surface area contributed by atoms with Gasteiger partial charge in [0.2, 0.25) is 0 Å². The molecule has 2 saturated carbocycles. The summed E-state index contributed by atoms with van der Waals surface area (Å²) in [6.07, 6.45) is 15.0. The number of benzene rings is 1. The molecule has 2 aliphatic rings. The average Bonchev–Trinajstić information content (AvgIpc) is 2.96. The standard InChI is InChI=1S/C36H54O5/c1-7-8-9-10-27-11-13-28(14-12-27)29-15-17-30(18-16-29)31-19-21-32(22-20-31)33(23-40-34(37)25(2)3)24-41-35(38)26(4)36(5,6)39/h15-18,27-28,31-33,39H,2,4,7-14,19-24H2,1,3,5-6H3. The highest BCUT2D eigenvalue weighted by molar-refractivity contribution is 5.89. The minimum absolute atomic E-state index is 0.0161. The van der Waals surface area contributed by atoms with E-state index < -0.39 is 17.5 Å². The smallest absolute Gasteiger partial charge is 0.336 e. The second-order valence-electron chi connectivity index (χ2n) is 13.3. The fourth-order valence-corrected chi connectivity index (χ4v) is 6.58. The van der Waals surface area contributed by atoms with Gasteiger partial charge in [-0.05, 0) is 107 Å². The van der Waals surface area contributed by atoms with E-state index in [-0.39, 0.29) is 30.6 Å². The van der Waals surface area contributed by atoms with Crippen LogP contribution >= 0.6 is 0 Å². The van der Waals surface area contributed by atoms with E-state index in [9.17, 15) is 14.7 Å². The molecule has 0 aliphatic heterocycles. The zero-order valence-corrected chi connectivity index (χ0v) is 26.1. The minimum atomic E-state index is -1.35. The van der Waals surface area contributed by atoms with E-state index in [1.54, 1.807) is 6.92 Å². The van der Waals surface area contributed by atoms with Crippen LogP contribution in [-0.4, -0.2) is 35.9 Å². The van der Waals surface area contributed by atoms with E-state index in [1.165, 1.54) is 76.3 Å². The van der Waals surface area contributed by atoms with Crippen LogP contribution in [0, 0.1) is 17.8 Å². The van der Waals surface area contributed by atoms with Crippen LogP contribution < -0.4 is 0 Å². The van der Waals surface area contributed by atoms with Gasteiger partial charge in [-0.25, -0.2) is 9.59 Å². The van der Waals surface area contributed by atoms with Gasteiger partial charge in [0.15, 0.2) is 0 Å². The Hall–Kier alpha value is -2.40. The minimum Gasteiger partial charge on any atom is -0.462 e. The van der Waals surface area contributed by atoms with Crippen molar-refractivity contribution in [3.05, 3.63) is 59.7 Å². The van der Waals surface area contributed by atoms with Gasteiger partial charge in [0, 0.05) is 11.5 Å². The summed E-state index contributed by atoms with van der Waals surface area (Å²) in [5, 5.41) is 10.1. The molecule has 2 fully saturated rings. The van der Waals surface area contributed by atoms with Crippen molar-refractivity contribution in [2.24, 2.45) is 17.8 Å². The third-order valence-corrected chi connectivity index (χ3v) is 9.57. The maximum absolute atomic E-state index is 12.5. The molecule has 3 rings (SSSR count). The van der Waals surface area contributed by atoms with Gasteiger partial charge in [0.05, 0.1) is 24.4 Å². The Morgan fingerprint density at radius 3 is 1.80 bits per heavy atom. The first kappa shape index (κ1) is 33.1. The van der Waals surface area contributed by atoms with Gasteiger partial charge in [0.25, 0.3) is 0 Å². The zero-order chi connectivity index (χ0) is 30.0. The highest BCUT2D eigenvalue weighted by Gasteiger charge is 2.32. The molecule has 0 bridgehead atoms. The first-order valence-electron chi connectivity index (χ1n) is 16.0. The van der Waals surface area contributed by atoms with Crippen molar-refractivity contribution in [1.29, 1.82) is 0 Å². The molecule has 0 spiro atoms. The molecule has 1 aromatic rings. The lowest BCUT2D eigenvalue weighted by Crippen LogP contribution is -2.33. The van der Waals surface area contributed by atoms with Crippen LogP contribution in [0.3, 0.4) is 0 Å². The Balaban J connectivity index is 1.53. The first-order valence-corrected chi connectivity index (χ1v) is 16.0. The SMILES string of the molecule is C=C(C)C(=O)OCC(COC(=O)C(=C)C(C)(C)O)C1CCC(c2ccc(C3CCC(CCCCC)CC3)cc2)CC1. The molecule has 0 radical (unpaired) electrons. The van der Waals surface area contributed by atoms with Crippen LogP contribution in [-0.2, 0) is 19.1 Å².